The Morgan fingerprint density at radius 2 is 1.71 bits per heavy atom. The normalized spacial score (nSPS) is 10.0. The molecule has 0 nitrogen and oxygen atoms in total. The van der Waals surface area contributed by atoms with Gasteiger partial charge in [0.15, 0.2) is 0 Å². The molecule has 0 aliphatic rings. The molecule has 17 heavy (non-hydrogen) atoms. The summed E-state index contributed by atoms with van der Waals surface area (Å²) in [6, 6.07) is 0. The molecule has 0 rings (SSSR count). The Morgan fingerprint density at radius 3 is 1.94 bits per heavy atom. The van der Waals surface area contributed by atoms with Crippen molar-refractivity contribution in [1.82, 2.24) is 0 Å². The first-order valence-corrected chi connectivity index (χ1v) is 7.34. The Bertz CT molecular complexity index is 151. The molecule has 0 heterocycles. The fraction of sp³-hybridized carbons (Fsp3) is 0.765. The summed E-state index contributed by atoms with van der Waals surface area (Å²) in [7, 11) is 0. The number of hydrogen-bond acceptors (Lipinski definition) is 0. The van der Waals surface area contributed by atoms with Crippen molar-refractivity contribution in [2.24, 2.45) is 5.92 Å². The predicted octanol–water partition coefficient (Wildman–Crippen LogP) is 6.78. The highest BCUT2D eigenvalue weighted by Crippen LogP contribution is 2.10. The summed E-state index contributed by atoms with van der Waals surface area (Å²) < 4.78 is 0. The molecule has 0 amide bonds. The van der Waals surface area contributed by atoms with E-state index < -0.39 is 0 Å². The molecule has 0 heteroatoms. The monoisotopic (exact) mass is 240 g/mol. The van der Waals surface area contributed by atoms with Gasteiger partial charge in [-0.15, -0.1) is 6.58 Å². The van der Waals surface area contributed by atoms with Crippen molar-refractivity contribution in [2.45, 2.75) is 80.6 Å². The molecule has 0 atom stereocenters. The third kappa shape index (κ3) is 31.3. The number of allylic oxidation sites excluding steroid dienone is 3. The first-order chi connectivity index (χ1) is 8.08. The number of hydrogen-bond donors (Lipinski definition) is 0. The van der Waals surface area contributed by atoms with Crippen LogP contribution < -0.4 is 0 Å². The molecule has 0 fully saturated rings. The summed E-state index contributed by atoms with van der Waals surface area (Å²) in [5.74, 6) is 0.847. The van der Waals surface area contributed by atoms with Crippen LogP contribution in [0.15, 0.2) is 24.3 Å². The number of rotatable bonds is 6. The predicted molar refractivity (Wildman–Crippen MR) is 84.6 cm³/mol. The van der Waals surface area contributed by atoms with Gasteiger partial charge in [-0.05, 0) is 38.5 Å². The molecule has 0 N–H and O–H groups in total. The van der Waals surface area contributed by atoms with Gasteiger partial charge in [0.1, 0.15) is 0 Å². The minimum atomic E-state index is 0.847. The number of unbranched alkanes of at least 4 members (excludes halogenated alkanes) is 1. The van der Waals surface area contributed by atoms with Gasteiger partial charge in [0.25, 0.3) is 0 Å². The second-order valence-corrected chi connectivity index (χ2v) is 4.47. The smallest absolute Gasteiger partial charge is 0.0321 e. The minimum Gasteiger partial charge on any atom is -0.103 e. The van der Waals surface area contributed by atoms with Crippen molar-refractivity contribution in [2.75, 3.05) is 0 Å². The zero-order valence-electron chi connectivity index (χ0n) is 13.5. The average Bonchev–Trinajstić information content (AvgIpc) is 2.31. The second kappa shape index (κ2) is 20.8. The molecule has 0 aromatic rings. The van der Waals surface area contributed by atoms with E-state index >= 15 is 0 Å². The third-order valence-electron chi connectivity index (χ3n) is 2.16. The Balaban J connectivity index is -0.000000236. The van der Waals surface area contributed by atoms with E-state index in [4.69, 9.17) is 0 Å². The Kier molecular flexibility index (Phi) is 26.6. The fourth-order valence-electron chi connectivity index (χ4n) is 1.17. The Hall–Kier alpha value is -0.520. The van der Waals surface area contributed by atoms with E-state index in [2.05, 4.69) is 47.3 Å². The van der Waals surface area contributed by atoms with E-state index in [-0.39, 0.29) is 0 Å². The molecule has 0 aromatic carbocycles. The molecular weight excluding hydrogens is 204 g/mol. The lowest BCUT2D eigenvalue weighted by atomic mass is 10.0. The van der Waals surface area contributed by atoms with E-state index in [0.717, 1.165) is 12.3 Å². The lowest BCUT2D eigenvalue weighted by Gasteiger charge is -2.03. The molecule has 0 aromatic heterocycles. The molecule has 0 radical (unpaired) electrons. The van der Waals surface area contributed by atoms with Crippen molar-refractivity contribution >= 4 is 0 Å². The molecule has 0 bridgehead atoms. The average molecular weight is 240 g/mol. The highest BCUT2D eigenvalue weighted by molar-refractivity contribution is 4.96. The summed E-state index contributed by atoms with van der Waals surface area (Å²) in [5, 5.41) is 0. The van der Waals surface area contributed by atoms with E-state index in [1.165, 1.54) is 25.7 Å². The molecule has 0 unspecified atom stereocenters. The van der Waals surface area contributed by atoms with E-state index in [1.807, 2.05) is 19.9 Å². The fourth-order valence-corrected chi connectivity index (χ4v) is 1.17. The summed E-state index contributed by atoms with van der Waals surface area (Å²) in [6.45, 7) is 18.7. The van der Waals surface area contributed by atoms with Crippen LogP contribution in [-0.2, 0) is 0 Å². The van der Waals surface area contributed by atoms with Crippen LogP contribution >= 0.6 is 0 Å². The van der Waals surface area contributed by atoms with Gasteiger partial charge in [-0.3, -0.25) is 0 Å². The van der Waals surface area contributed by atoms with Crippen LogP contribution in [0, 0.1) is 5.92 Å². The Morgan fingerprint density at radius 1 is 1.18 bits per heavy atom. The van der Waals surface area contributed by atoms with Gasteiger partial charge >= 0.3 is 0 Å². The third-order valence-corrected chi connectivity index (χ3v) is 2.16. The first kappa shape index (κ1) is 21.7. The maximum atomic E-state index is 3.55. The van der Waals surface area contributed by atoms with Crippen LogP contribution in [0.25, 0.3) is 0 Å². The Labute approximate surface area is 111 Å². The summed E-state index contributed by atoms with van der Waals surface area (Å²) >= 11 is 0. The molecule has 0 aliphatic heterocycles. The quantitative estimate of drug-likeness (QED) is 0.449. The van der Waals surface area contributed by atoms with Crippen molar-refractivity contribution in [3.05, 3.63) is 24.3 Å². The standard InChI is InChI=1S/C10H20.C5H10.C2H6/c1-5-6-10(4)8-7-9(2)3;1-3-5-4-2;1-2/h6,9H,5,7-8H2,1-4H3;3H,1,4-5H2,2H3;1-2H3/b10-6-;;. The molecule has 0 saturated carbocycles. The lowest BCUT2D eigenvalue weighted by molar-refractivity contribution is 0.584. The van der Waals surface area contributed by atoms with Crippen LogP contribution in [0.4, 0.5) is 0 Å². The van der Waals surface area contributed by atoms with Crippen LogP contribution in [0.1, 0.15) is 80.6 Å². The van der Waals surface area contributed by atoms with E-state index in [0.29, 0.717) is 0 Å². The van der Waals surface area contributed by atoms with Crippen molar-refractivity contribution < 1.29 is 0 Å². The van der Waals surface area contributed by atoms with Gasteiger partial charge < -0.3 is 0 Å². The summed E-state index contributed by atoms with van der Waals surface area (Å²) in [5.41, 5.74) is 1.55. The van der Waals surface area contributed by atoms with Gasteiger partial charge in [0, 0.05) is 0 Å². The van der Waals surface area contributed by atoms with Gasteiger partial charge in [0.2, 0.25) is 0 Å². The highest BCUT2D eigenvalue weighted by atomic mass is 14.0. The van der Waals surface area contributed by atoms with Crippen molar-refractivity contribution in [1.29, 1.82) is 0 Å². The second-order valence-electron chi connectivity index (χ2n) is 4.47. The van der Waals surface area contributed by atoms with Crippen molar-refractivity contribution in [3.63, 3.8) is 0 Å². The summed E-state index contributed by atoms with van der Waals surface area (Å²) in [4.78, 5) is 0. The van der Waals surface area contributed by atoms with Gasteiger partial charge in [-0.2, -0.15) is 0 Å². The first-order valence-electron chi connectivity index (χ1n) is 7.34. The van der Waals surface area contributed by atoms with E-state index in [1.54, 1.807) is 5.57 Å². The largest absolute Gasteiger partial charge is 0.103 e. The van der Waals surface area contributed by atoms with Crippen LogP contribution in [0.3, 0.4) is 0 Å². The zero-order valence-corrected chi connectivity index (χ0v) is 13.5. The van der Waals surface area contributed by atoms with Crippen LogP contribution in [0.5, 0.6) is 0 Å². The lowest BCUT2D eigenvalue weighted by Crippen LogP contribution is -1.87. The SMILES string of the molecule is C=CCCC.CC.CC/C=C(/C)CCC(C)C. The topological polar surface area (TPSA) is 0 Å². The maximum absolute atomic E-state index is 3.55. The van der Waals surface area contributed by atoms with Gasteiger partial charge in [-0.25, -0.2) is 0 Å². The summed E-state index contributed by atoms with van der Waals surface area (Å²) in [6.07, 6.45) is 10.4. The van der Waals surface area contributed by atoms with Gasteiger partial charge in [-0.1, -0.05) is 65.7 Å². The molecule has 0 aliphatic carbocycles. The van der Waals surface area contributed by atoms with Gasteiger partial charge in [0.05, 0.1) is 0 Å². The van der Waals surface area contributed by atoms with E-state index in [9.17, 15) is 0 Å². The maximum Gasteiger partial charge on any atom is -0.0321 e. The van der Waals surface area contributed by atoms with Crippen LogP contribution in [0.2, 0.25) is 0 Å². The zero-order chi connectivity index (χ0) is 14.1. The molecule has 0 saturated heterocycles. The molecule has 0 spiro atoms. The minimum absolute atomic E-state index is 0.847. The molecular formula is C17H36. The molecule has 104 valence electrons. The highest BCUT2D eigenvalue weighted by Gasteiger charge is 1.93. The van der Waals surface area contributed by atoms with Crippen molar-refractivity contribution in [3.8, 4) is 0 Å². The van der Waals surface area contributed by atoms with Crippen LogP contribution in [-0.4, -0.2) is 0 Å².